The molecule has 1 saturated heterocycles. The van der Waals surface area contributed by atoms with Crippen LogP contribution in [0.3, 0.4) is 0 Å². The van der Waals surface area contributed by atoms with Crippen molar-refractivity contribution < 1.29 is 14.3 Å². The van der Waals surface area contributed by atoms with Crippen molar-refractivity contribution in [2.45, 2.75) is 104 Å². The molecule has 0 saturated carbocycles. The van der Waals surface area contributed by atoms with Gasteiger partial charge in [0.15, 0.2) is 0 Å². The molecule has 3 atom stereocenters. The van der Waals surface area contributed by atoms with Crippen molar-refractivity contribution in [2.24, 2.45) is 17.8 Å². The highest BCUT2D eigenvalue weighted by atomic mass is 16.6. The van der Waals surface area contributed by atoms with Crippen LogP contribution < -0.4 is 0 Å². The van der Waals surface area contributed by atoms with Crippen LogP contribution in [-0.2, 0) is 14.3 Å². The van der Waals surface area contributed by atoms with Gasteiger partial charge in [0.25, 0.3) is 0 Å². The number of cyclic esters (lactones) is 2. The summed E-state index contributed by atoms with van der Waals surface area (Å²) in [5, 5.41) is 0. The quantitative estimate of drug-likeness (QED) is 0.142. The number of ether oxygens (including phenoxy) is 1. The van der Waals surface area contributed by atoms with Gasteiger partial charge < -0.3 is 4.74 Å². The van der Waals surface area contributed by atoms with E-state index in [9.17, 15) is 9.59 Å². The number of hydrogen-bond donors (Lipinski definition) is 0. The van der Waals surface area contributed by atoms with E-state index in [1.807, 2.05) is 0 Å². The Bertz CT molecular complexity index is 427. The molecule has 3 nitrogen and oxygen atoms in total. The van der Waals surface area contributed by atoms with Crippen LogP contribution in [0.1, 0.15) is 104 Å². The summed E-state index contributed by atoms with van der Waals surface area (Å²) < 4.78 is 4.82. The summed E-state index contributed by atoms with van der Waals surface area (Å²) in [4.78, 5) is 23.5. The Labute approximate surface area is 161 Å². The summed E-state index contributed by atoms with van der Waals surface area (Å²) in [6.07, 6.45) is 19.2. The second kappa shape index (κ2) is 14.0. The van der Waals surface area contributed by atoms with Gasteiger partial charge in [0.1, 0.15) is 0 Å². The molecule has 1 fully saturated rings. The number of esters is 2. The fourth-order valence-electron chi connectivity index (χ4n) is 3.92. The molecule has 3 heteroatoms. The first kappa shape index (κ1) is 22.9. The van der Waals surface area contributed by atoms with E-state index < -0.39 is 0 Å². The van der Waals surface area contributed by atoms with Gasteiger partial charge in [-0.2, -0.15) is 0 Å². The van der Waals surface area contributed by atoms with Crippen molar-refractivity contribution in [1.82, 2.24) is 0 Å². The Morgan fingerprint density at radius 2 is 1.58 bits per heavy atom. The molecule has 0 bridgehead atoms. The fraction of sp³-hybridized carbons (Fsp3) is 0.826. The molecule has 0 aromatic rings. The minimum Gasteiger partial charge on any atom is -0.393 e. The molecule has 1 rings (SSSR count). The minimum absolute atomic E-state index is 0.185. The lowest BCUT2D eigenvalue weighted by Gasteiger charge is -2.20. The number of unbranched alkanes of at least 4 members (excludes halogenated alkanes) is 6. The summed E-state index contributed by atoms with van der Waals surface area (Å²) in [5.41, 5.74) is 0. The molecule has 26 heavy (non-hydrogen) atoms. The molecule has 1 aliphatic rings. The van der Waals surface area contributed by atoms with Gasteiger partial charge in [-0.05, 0) is 37.5 Å². The fourth-order valence-corrected chi connectivity index (χ4v) is 3.92. The molecular weight excluding hydrogens is 324 g/mol. The molecule has 0 radical (unpaired) electrons. The molecule has 3 unspecified atom stereocenters. The van der Waals surface area contributed by atoms with Crippen LogP contribution in [-0.4, -0.2) is 11.9 Å². The van der Waals surface area contributed by atoms with E-state index >= 15 is 0 Å². The maximum Gasteiger partial charge on any atom is 0.317 e. The van der Waals surface area contributed by atoms with Gasteiger partial charge in [0, 0.05) is 0 Å². The van der Waals surface area contributed by atoms with Crippen LogP contribution in [0.15, 0.2) is 12.2 Å². The third-order valence-electron chi connectivity index (χ3n) is 5.59. The van der Waals surface area contributed by atoms with E-state index in [4.69, 9.17) is 4.74 Å². The van der Waals surface area contributed by atoms with E-state index in [2.05, 4.69) is 32.9 Å². The monoisotopic (exact) mass is 364 g/mol. The van der Waals surface area contributed by atoms with Crippen molar-refractivity contribution >= 4 is 11.9 Å². The Kier molecular flexibility index (Phi) is 12.3. The van der Waals surface area contributed by atoms with Gasteiger partial charge in [0.2, 0.25) is 0 Å². The number of carbonyl (C=O) groups is 2. The zero-order chi connectivity index (χ0) is 19.2. The summed E-state index contributed by atoms with van der Waals surface area (Å²) in [7, 11) is 0. The lowest BCUT2D eigenvalue weighted by molar-refractivity contribution is -0.153. The maximum atomic E-state index is 12.0. The topological polar surface area (TPSA) is 43.4 Å². The van der Waals surface area contributed by atoms with Crippen LogP contribution in [0.25, 0.3) is 0 Å². The summed E-state index contributed by atoms with van der Waals surface area (Å²) >= 11 is 0. The van der Waals surface area contributed by atoms with Crippen molar-refractivity contribution in [3.63, 3.8) is 0 Å². The molecule has 1 heterocycles. The summed E-state index contributed by atoms with van der Waals surface area (Å²) in [6.45, 7) is 6.67. The summed E-state index contributed by atoms with van der Waals surface area (Å²) in [6, 6.07) is 0. The third kappa shape index (κ3) is 9.54. The minimum atomic E-state index is -0.328. The van der Waals surface area contributed by atoms with Crippen LogP contribution in [0.5, 0.6) is 0 Å². The molecule has 1 aliphatic heterocycles. The molecule has 0 N–H and O–H groups in total. The lowest BCUT2D eigenvalue weighted by atomic mass is 9.82. The second-order valence-electron chi connectivity index (χ2n) is 8.02. The maximum absolute atomic E-state index is 12.0. The van der Waals surface area contributed by atoms with Crippen LogP contribution in [0.4, 0.5) is 0 Å². The molecule has 0 amide bonds. The van der Waals surface area contributed by atoms with E-state index in [0.717, 1.165) is 25.7 Å². The largest absolute Gasteiger partial charge is 0.393 e. The lowest BCUT2D eigenvalue weighted by Crippen LogP contribution is -2.20. The van der Waals surface area contributed by atoms with Gasteiger partial charge in [0.05, 0.1) is 12.3 Å². The highest BCUT2D eigenvalue weighted by molar-refractivity contribution is 5.94. The molecule has 0 aliphatic carbocycles. The smallest absolute Gasteiger partial charge is 0.317 e. The average Bonchev–Trinajstić information content (AvgIpc) is 2.96. The van der Waals surface area contributed by atoms with E-state index in [1.165, 1.54) is 51.4 Å². The average molecular weight is 365 g/mol. The zero-order valence-electron chi connectivity index (χ0n) is 17.3. The van der Waals surface area contributed by atoms with Gasteiger partial charge in [-0.1, -0.05) is 84.3 Å². The Morgan fingerprint density at radius 1 is 0.962 bits per heavy atom. The third-order valence-corrected chi connectivity index (χ3v) is 5.59. The van der Waals surface area contributed by atoms with Crippen molar-refractivity contribution in [3.05, 3.63) is 12.2 Å². The SMILES string of the molecule is CCC=CC(C)CCCCC(CCCCCCCC)C1CC(=O)OC1=O. The molecular formula is C23H40O3. The van der Waals surface area contributed by atoms with Crippen molar-refractivity contribution in [1.29, 1.82) is 0 Å². The number of allylic oxidation sites excluding steroid dienone is 2. The molecule has 0 spiro atoms. The van der Waals surface area contributed by atoms with E-state index in [1.54, 1.807) is 0 Å². The zero-order valence-corrected chi connectivity index (χ0v) is 17.3. The predicted octanol–water partition coefficient (Wildman–Crippen LogP) is 6.61. The molecule has 0 aromatic carbocycles. The van der Waals surface area contributed by atoms with Crippen molar-refractivity contribution in [3.8, 4) is 0 Å². The van der Waals surface area contributed by atoms with E-state index in [0.29, 0.717) is 18.3 Å². The van der Waals surface area contributed by atoms with Gasteiger partial charge in [-0.15, -0.1) is 0 Å². The highest BCUT2D eigenvalue weighted by Gasteiger charge is 2.38. The van der Waals surface area contributed by atoms with Crippen LogP contribution >= 0.6 is 0 Å². The number of carbonyl (C=O) groups excluding carboxylic acids is 2. The molecule has 150 valence electrons. The van der Waals surface area contributed by atoms with Crippen LogP contribution in [0.2, 0.25) is 0 Å². The first-order valence-corrected chi connectivity index (χ1v) is 11.0. The first-order valence-electron chi connectivity index (χ1n) is 11.0. The first-order chi connectivity index (χ1) is 12.6. The second-order valence-corrected chi connectivity index (χ2v) is 8.02. The normalized spacial score (nSPS) is 19.9. The Balaban J connectivity index is 2.36. The Morgan fingerprint density at radius 3 is 2.19 bits per heavy atom. The summed E-state index contributed by atoms with van der Waals surface area (Å²) in [5.74, 6) is 0.165. The van der Waals surface area contributed by atoms with Crippen LogP contribution in [0, 0.1) is 17.8 Å². The van der Waals surface area contributed by atoms with Crippen molar-refractivity contribution in [2.75, 3.05) is 0 Å². The Hall–Kier alpha value is -1.12. The van der Waals surface area contributed by atoms with Gasteiger partial charge in [-0.25, -0.2) is 0 Å². The van der Waals surface area contributed by atoms with E-state index in [-0.39, 0.29) is 17.9 Å². The van der Waals surface area contributed by atoms with Gasteiger partial charge >= 0.3 is 11.9 Å². The highest BCUT2D eigenvalue weighted by Crippen LogP contribution is 2.32. The standard InChI is InChI=1S/C23H40O3/c1-4-6-8-9-10-11-16-20(21-18-22(24)26-23(21)25)17-13-12-15-19(3)14-7-5-2/h7,14,19-21H,4-6,8-13,15-18H2,1-3H3. The number of rotatable bonds is 15. The predicted molar refractivity (Wildman–Crippen MR) is 108 cm³/mol. The van der Waals surface area contributed by atoms with Gasteiger partial charge in [-0.3, -0.25) is 9.59 Å². The molecule has 0 aromatic heterocycles. The number of hydrogen-bond acceptors (Lipinski definition) is 3.